The second kappa shape index (κ2) is 4.83. The molecule has 0 aliphatic carbocycles. The molecule has 1 N–H and O–H groups in total. The molecule has 0 radical (unpaired) electrons. The molecule has 3 heterocycles. The number of carboxylic acid groups (broad SMARTS) is 1. The fraction of sp³-hybridized carbons (Fsp3) is 0.444. The van der Waals surface area contributed by atoms with E-state index in [9.17, 15) is 14.7 Å². The SMILES string of the molecule is COc1ccc(CN2C[C@]34C=C[C@H](O3)[C@@H](C(=O)O)[C@@]4(C)C2=O)cc1. The number of aliphatic carboxylic acids is 1. The number of carbonyl (C=O) groups excluding carboxylic acids is 1. The van der Waals surface area contributed by atoms with Gasteiger partial charge in [0.25, 0.3) is 0 Å². The molecule has 1 spiro atoms. The van der Waals surface area contributed by atoms with E-state index < -0.39 is 29.0 Å². The molecule has 3 aliphatic heterocycles. The number of nitrogens with zero attached hydrogens (tertiary/aromatic N) is 1. The van der Waals surface area contributed by atoms with Crippen molar-refractivity contribution in [2.45, 2.75) is 25.2 Å². The van der Waals surface area contributed by atoms with Crippen LogP contribution < -0.4 is 4.74 Å². The van der Waals surface area contributed by atoms with Crippen LogP contribution in [-0.2, 0) is 20.9 Å². The quantitative estimate of drug-likeness (QED) is 0.846. The van der Waals surface area contributed by atoms with Gasteiger partial charge in [0.1, 0.15) is 17.3 Å². The lowest BCUT2D eigenvalue weighted by Gasteiger charge is -2.32. The number of fused-ring (bicyclic) bond motifs is 1. The molecule has 6 heteroatoms. The predicted octanol–water partition coefficient (Wildman–Crippen LogP) is 1.45. The first kappa shape index (κ1) is 15.2. The highest BCUT2D eigenvalue weighted by atomic mass is 16.5. The van der Waals surface area contributed by atoms with Crippen molar-refractivity contribution in [2.75, 3.05) is 13.7 Å². The molecule has 4 rings (SSSR count). The van der Waals surface area contributed by atoms with Crippen LogP contribution in [0.5, 0.6) is 5.75 Å². The van der Waals surface area contributed by atoms with Crippen molar-refractivity contribution in [3.8, 4) is 5.75 Å². The average Bonchev–Trinajstić information content (AvgIpc) is 3.14. The van der Waals surface area contributed by atoms with E-state index in [4.69, 9.17) is 9.47 Å². The number of rotatable bonds is 4. The Labute approximate surface area is 139 Å². The van der Waals surface area contributed by atoms with Crippen molar-refractivity contribution < 1.29 is 24.2 Å². The molecule has 0 aromatic heterocycles. The highest BCUT2D eigenvalue weighted by Crippen LogP contribution is 2.60. The lowest BCUT2D eigenvalue weighted by molar-refractivity contribution is -0.152. The first-order valence-electron chi connectivity index (χ1n) is 7.93. The van der Waals surface area contributed by atoms with Gasteiger partial charge in [0.2, 0.25) is 5.91 Å². The summed E-state index contributed by atoms with van der Waals surface area (Å²) in [4.78, 5) is 26.5. The van der Waals surface area contributed by atoms with E-state index in [0.29, 0.717) is 13.1 Å². The summed E-state index contributed by atoms with van der Waals surface area (Å²) in [6, 6.07) is 7.50. The summed E-state index contributed by atoms with van der Waals surface area (Å²) >= 11 is 0. The first-order valence-corrected chi connectivity index (χ1v) is 7.93. The number of hydrogen-bond donors (Lipinski definition) is 1. The second-order valence-corrected chi connectivity index (χ2v) is 6.86. The van der Waals surface area contributed by atoms with Gasteiger partial charge in [0.05, 0.1) is 25.2 Å². The maximum absolute atomic E-state index is 13.1. The third-order valence-electron chi connectivity index (χ3n) is 5.69. The minimum Gasteiger partial charge on any atom is -0.497 e. The zero-order valence-corrected chi connectivity index (χ0v) is 13.6. The van der Waals surface area contributed by atoms with Crippen molar-refractivity contribution >= 4 is 11.9 Å². The molecule has 1 amide bonds. The molecule has 2 saturated heterocycles. The molecule has 6 nitrogen and oxygen atoms in total. The summed E-state index contributed by atoms with van der Waals surface area (Å²) in [5.74, 6) is -1.22. The summed E-state index contributed by atoms with van der Waals surface area (Å²) in [7, 11) is 1.60. The fourth-order valence-electron chi connectivity index (χ4n) is 4.36. The van der Waals surface area contributed by atoms with Crippen molar-refractivity contribution in [3.63, 3.8) is 0 Å². The number of hydrogen-bond acceptors (Lipinski definition) is 4. The zero-order chi connectivity index (χ0) is 17.1. The van der Waals surface area contributed by atoms with E-state index in [1.165, 1.54) is 0 Å². The number of carboxylic acids is 1. The van der Waals surface area contributed by atoms with Gasteiger partial charge in [0, 0.05) is 6.54 Å². The standard InChI is InChI=1S/C18H19NO5/c1-17-14(15(20)21)13-7-8-18(17,24-13)10-19(16(17)22)9-11-3-5-12(23-2)6-4-11/h3-8,13-14H,9-10H2,1-2H3,(H,20,21)/t13-,14-,17-,18-/m0/s1. The number of likely N-dealkylation sites (tertiary alicyclic amines) is 1. The monoisotopic (exact) mass is 329 g/mol. The Morgan fingerprint density at radius 1 is 1.42 bits per heavy atom. The number of carbonyl (C=O) groups is 2. The van der Waals surface area contributed by atoms with Gasteiger partial charge in [-0.1, -0.05) is 24.3 Å². The van der Waals surface area contributed by atoms with Crippen LogP contribution in [0.1, 0.15) is 12.5 Å². The lowest BCUT2D eigenvalue weighted by atomic mass is 9.65. The number of amides is 1. The molecule has 0 saturated carbocycles. The smallest absolute Gasteiger partial charge is 0.310 e. The number of ether oxygens (including phenoxy) is 2. The summed E-state index contributed by atoms with van der Waals surface area (Å²) < 4.78 is 11.1. The Hall–Kier alpha value is -2.34. The highest BCUT2D eigenvalue weighted by Gasteiger charge is 2.74. The number of benzene rings is 1. The average molecular weight is 329 g/mol. The van der Waals surface area contributed by atoms with Crippen LogP contribution in [0.2, 0.25) is 0 Å². The van der Waals surface area contributed by atoms with Gasteiger partial charge in [-0.3, -0.25) is 9.59 Å². The van der Waals surface area contributed by atoms with Gasteiger partial charge >= 0.3 is 5.97 Å². The van der Waals surface area contributed by atoms with Crippen LogP contribution in [0.25, 0.3) is 0 Å². The largest absolute Gasteiger partial charge is 0.497 e. The molecular weight excluding hydrogens is 310 g/mol. The van der Waals surface area contributed by atoms with Crippen LogP contribution in [0.15, 0.2) is 36.4 Å². The van der Waals surface area contributed by atoms with Gasteiger partial charge < -0.3 is 19.5 Å². The normalized spacial score (nSPS) is 36.2. The van der Waals surface area contributed by atoms with E-state index >= 15 is 0 Å². The first-order chi connectivity index (χ1) is 11.4. The Balaban J connectivity index is 1.63. The van der Waals surface area contributed by atoms with Crippen molar-refractivity contribution in [1.82, 2.24) is 4.90 Å². The molecule has 4 atom stereocenters. The maximum atomic E-state index is 13.1. The molecule has 24 heavy (non-hydrogen) atoms. The van der Waals surface area contributed by atoms with Gasteiger partial charge in [0.15, 0.2) is 0 Å². The van der Waals surface area contributed by atoms with Gasteiger partial charge in [-0.2, -0.15) is 0 Å². The van der Waals surface area contributed by atoms with E-state index in [1.54, 1.807) is 25.0 Å². The Kier molecular flexibility index (Phi) is 3.06. The van der Waals surface area contributed by atoms with Gasteiger partial charge in [-0.05, 0) is 24.6 Å². The molecule has 3 aliphatic rings. The fourth-order valence-corrected chi connectivity index (χ4v) is 4.36. The third-order valence-corrected chi connectivity index (χ3v) is 5.69. The highest BCUT2D eigenvalue weighted by molar-refractivity contribution is 5.94. The van der Waals surface area contributed by atoms with E-state index in [-0.39, 0.29) is 5.91 Å². The minimum absolute atomic E-state index is 0.155. The minimum atomic E-state index is -1.05. The van der Waals surface area contributed by atoms with Crippen molar-refractivity contribution in [3.05, 3.63) is 42.0 Å². The Bertz CT molecular complexity index is 742. The van der Waals surface area contributed by atoms with Crippen molar-refractivity contribution in [1.29, 1.82) is 0 Å². The maximum Gasteiger partial charge on any atom is 0.310 e. The van der Waals surface area contributed by atoms with E-state index in [2.05, 4.69) is 0 Å². The summed E-state index contributed by atoms with van der Waals surface area (Å²) in [6.07, 6.45) is 3.15. The zero-order valence-electron chi connectivity index (χ0n) is 13.6. The molecule has 1 aromatic rings. The van der Waals surface area contributed by atoms with E-state index in [1.807, 2.05) is 30.3 Å². The summed E-state index contributed by atoms with van der Waals surface area (Å²) in [5, 5.41) is 9.60. The lowest BCUT2D eigenvalue weighted by Crippen LogP contribution is -2.49. The van der Waals surface area contributed by atoms with Crippen LogP contribution in [-0.4, -0.2) is 47.2 Å². The van der Waals surface area contributed by atoms with Crippen LogP contribution in [0.3, 0.4) is 0 Å². The predicted molar refractivity (Wildman–Crippen MR) is 84.4 cm³/mol. The molecule has 126 valence electrons. The van der Waals surface area contributed by atoms with Crippen molar-refractivity contribution in [2.24, 2.45) is 11.3 Å². The molecular formula is C18H19NO5. The Morgan fingerprint density at radius 2 is 2.12 bits per heavy atom. The van der Waals surface area contributed by atoms with Crippen LogP contribution in [0, 0.1) is 11.3 Å². The van der Waals surface area contributed by atoms with Gasteiger partial charge in [-0.15, -0.1) is 0 Å². The molecule has 0 unspecified atom stereocenters. The second-order valence-electron chi connectivity index (χ2n) is 6.86. The molecule has 2 bridgehead atoms. The molecule has 1 aromatic carbocycles. The van der Waals surface area contributed by atoms with Crippen LogP contribution in [0.4, 0.5) is 0 Å². The van der Waals surface area contributed by atoms with Crippen LogP contribution >= 0.6 is 0 Å². The summed E-state index contributed by atoms with van der Waals surface area (Å²) in [6.45, 7) is 2.53. The topological polar surface area (TPSA) is 76.1 Å². The number of methoxy groups -OCH3 is 1. The third kappa shape index (κ3) is 1.74. The van der Waals surface area contributed by atoms with E-state index in [0.717, 1.165) is 11.3 Å². The molecule has 2 fully saturated rings. The van der Waals surface area contributed by atoms with Gasteiger partial charge in [-0.25, -0.2) is 0 Å². The summed E-state index contributed by atoms with van der Waals surface area (Å²) in [5.41, 5.74) is -0.913. The Morgan fingerprint density at radius 3 is 2.75 bits per heavy atom.